The van der Waals surface area contributed by atoms with Gasteiger partial charge in [0.05, 0.1) is 0 Å². The lowest BCUT2D eigenvalue weighted by Crippen LogP contribution is -2.38. The molecule has 22 heavy (non-hydrogen) atoms. The fraction of sp³-hybridized carbons (Fsp3) is 0.500. The third-order valence-corrected chi connectivity index (χ3v) is 4.51. The summed E-state index contributed by atoms with van der Waals surface area (Å²) in [5, 5.41) is 3.64. The zero-order valence-electron chi connectivity index (χ0n) is 13.3. The number of nitrogens with one attached hydrogen (secondary N) is 1. The van der Waals surface area contributed by atoms with E-state index in [1.54, 1.807) is 16.7 Å². The Bertz CT molecular complexity index is 566. The minimum atomic E-state index is -0.133. The van der Waals surface area contributed by atoms with Crippen molar-refractivity contribution in [2.24, 2.45) is 0 Å². The molecule has 1 aliphatic rings. The largest absolute Gasteiger partial charge is 0.341 e. The maximum atomic E-state index is 12.4. The first kappa shape index (κ1) is 16.6. The summed E-state index contributed by atoms with van der Waals surface area (Å²) < 4.78 is 0. The predicted molar refractivity (Wildman–Crippen MR) is 88.4 cm³/mol. The minimum Gasteiger partial charge on any atom is -0.341 e. The Balaban J connectivity index is 2.02. The molecule has 0 saturated carbocycles. The van der Waals surface area contributed by atoms with Gasteiger partial charge in [-0.15, -0.1) is 0 Å². The lowest BCUT2D eigenvalue weighted by Gasteiger charge is -2.22. The second-order valence-electron chi connectivity index (χ2n) is 5.70. The molecule has 0 unspecified atom stereocenters. The lowest BCUT2D eigenvalue weighted by atomic mass is 10.1. The molecule has 0 aliphatic carbocycles. The number of urea groups is 1. The van der Waals surface area contributed by atoms with Crippen LogP contribution in [0.5, 0.6) is 0 Å². The summed E-state index contributed by atoms with van der Waals surface area (Å²) in [7, 11) is 0. The van der Waals surface area contributed by atoms with Crippen molar-refractivity contribution in [3.63, 3.8) is 0 Å². The Morgan fingerprint density at radius 1 is 1.05 bits per heavy atom. The molecule has 1 N–H and O–H groups in total. The summed E-state index contributed by atoms with van der Waals surface area (Å²) >= 11 is 6.14. The van der Waals surface area contributed by atoms with Crippen molar-refractivity contribution in [3.05, 3.63) is 28.3 Å². The fourth-order valence-electron chi connectivity index (χ4n) is 2.66. The first-order valence-corrected chi connectivity index (χ1v) is 7.84. The SMILES string of the molecule is CC(=O)N1CCCN(C(=O)Nc2cc(C)c(Cl)c(C)c2)CC1. The topological polar surface area (TPSA) is 52.7 Å². The highest BCUT2D eigenvalue weighted by Crippen LogP contribution is 2.24. The van der Waals surface area contributed by atoms with E-state index in [2.05, 4.69) is 5.32 Å². The molecular formula is C16H22ClN3O2. The van der Waals surface area contributed by atoms with Gasteiger partial charge in [-0.05, 0) is 43.5 Å². The molecule has 0 aromatic heterocycles. The molecule has 3 amide bonds. The third kappa shape index (κ3) is 3.91. The van der Waals surface area contributed by atoms with Crippen molar-refractivity contribution < 1.29 is 9.59 Å². The number of halogens is 1. The van der Waals surface area contributed by atoms with Crippen molar-refractivity contribution in [3.8, 4) is 0 Å². The summed E-state index contributed by atoms with van der Waals surface area (Å²) in [6.07, 6.45) is 0.797. The van der Waals surface area contributed by atoms with Gasteiger partial charge in [0.2, 0.25) is 5.91 Å². The predicted octanol–water partition coefficient (Wildman–Crippen LogP) is 3.04. The van der Waals surface area contributed by atoms with E-state index in [9.17, 15) is 9.59 Å². The zero-order valence-corrected chi connectivity index (χ0v) is 14.0. The average molecular weight is 324 g/mol. The van der Waals surface area contributed by atoms with Gasteiger partial charge in [-0.2, -0.15) is 0 Å². The van der Waals surface area contributed by atoms with E-state index in [0.717, 1.165) is 28.3 Å². The van der Waals surface area contributed by atoms with Gasteiger partial charge >= 0.3 is 6.03 Å². The van der Waals surface area contributed by atoms with Crippen molar-refractivity contribution in [1.29, 1.82) is 0 Å². The van der Waals surface area contributed by atoms with Gasteiger partial charge in [-0.1, -0.05) is 11.6 Å². The van der Waals surface area contributed by atoms with E-state index in [1.807, 2.05) is 26.0 Å². The molecular weight excluding hydrogens is 302 g/mol. The highest BCUT2D eigenvalue weighted by atomic mass is 35.5. The van der Waals surface area contributed by atoms with Crippen LogP contribution in [0.25, 0.3) is 0 Å². The molecule has 0 atom stereocenters. The van der Waals surface area contributed by atoms with Crippen LogP contribution >= 0.6 is 11.6 Å². The Kier molecular flexibility index (Phi) is 5.29. The summed E-state index contributed by atoms with van der Waals surface area (Å²) in [6, 6.07) is 3.60. The van der Waals surface area contributed by atoms with Crippen LogP contribution in [-0.4, -0.2) is 47.9 Å². The summed E-state index contributed by atoms with van der Waals surface area (Å²) in [5.74, 6) is 0.0613. The molecule has 0 spiro atoms. The second-order valence-corrected chi connectivity index (χ2v) is 6.08. The maximum Gasteiger partial charge on any atom is 0.321 e. The average Bonchev–Trinajstić information content (AvgIpc) is 2.70. The summed E-state index contributed by atoms with van der Waals surface area (Å²) in [4.78, 5) is 27.3. The summed E-state index contributed by atoms with van der Waals surface area (Å²) in [5.41, 5.74) is 2.63. The molecule has 2 rings (SSSR count). The van der Waals surface area contributed by atoms with Gasteiger partial charge < -0.3 is 15.1 Å². The first-order chi connectivity index (χ1) is 10.4. The zero-order chi connectivity index (χ0) is 16.3. The van der Waals surface area contributed by atoms with Crippen molar-refractivity contribution >= 4 is 29.2 Å². The molecule has 120 valence electrons. The molecule has 1 aromatic rings. The monoisotopic (exact) mass is 323 g/mol. The molecule has 5 nitrogen and oxygen atoms in total. The number of aryl methyl sites for hydroxylation is 2. The number of rotatable bonds is 1. The van der Waals surface area contributed by atoms with Crippen LogP contribution in [0.1, 0.15) is 24.5 Å². The van der Waals surface area contributed by atoms with Crippen LogP contribution in [0.2, 0.25) is 5.02 Å². The number of carbonyl (C=O) groups excluding carboxylic acids is 2. The van der Waals surface area contributed by atoms with E-state index in [-0.39, 0.29) is 11.9 Å². The van der Waals surface area contributed by atoms with E-state index < -0.39 is 0 Å². The van der Waals surface area contributed by atoms with Crippen LogP contribution in [0, 0.1) is 13.8 Å². The number of nitrogens with zero attached hydrogens (tertiary/aromatic N) is 2. The Morgan fingerprint density at radius 3 is 2.18 bits per heavy atom. The lowest BCUT2D eigenvalue weighted by molar-refractivity contribution is -0.128. The Hall–Kier alpha value is -1.75. The number of anilines is 1. The van der Waals surface area contributed by atoms with Gasteiger partial charge in [-0.3, -0.25) is 4.79 Å². The Labute approximate surface area is 136 Å². The van der Waals surface area contributed by atoms with Crippen LogP contribution < -0.4 is 5.32 Å². The highest BCUT2D eigenvalue weighted by Gasteiger charge is 2.20. The Morgan fingerprint density at radius 2 is 1.59 bits per heavy atom. The van der Waals surface area contributed by atoms with E-state index >= 15 is 0 Å². The van der Waals surface area contributed by atoms with Crippen molar-refractivity contribution in [1.82, 2.24) is 9.80 Å². The quantitative estimate of drug-likeness (QED) is 0.863. The molecule has 1 aliphatic heterocycles. The molecule has 1 fully saturated rings. The van der Waals surface area contributed by atoms with Gasteiger partial charge in [-0.25, -0.2) is 4.79 Å². The van der Waals surface area contributed by atoms with E-state index in [1.165, 1.54) is 0 Å². The number of hydrogen-bond donors (Lipinski definition) is 1. The van der Waals surface area contributed by atoms with Gasteiger partial charge in [0.25, 0.3) is 0 Å². The molecule has 1 aromatic carbocycles. The fourth-order valence-corrected chi connectivity index (χ4v) is 2.77. The van der Waals surface area contributed by atoms with Crippen molar-refractivity contribution in [2.45, 2.75) is 27.2 Å². The van der Waals surface area contributed by atoms with Crippen molar-refractivity contribution in [2.75, 3.05) is 31.5 Å². The second kappa shape index (κ2) is 7.01. The van der Waals surface area contributed by atoms with Crippen LogP contribution in [0.4, 0.5) is 10.5 Å². The molecule has 0 bridgehead atoms. The summed E-state index contributed by atoms with van der Waals surface area (Å²) in [6.45, 7) is 7.90. The highest BCUT2D eigenvalue weighted by molar-refractivity contribution is 6.32. The number of hydrogen-bond acceptors (Lipinski definition) is 2. The molecule has 0 radical (unpaired) electrons. The standard InChI is InChI=1S/C16H22ClN3O2/c1-11-9-14(10-12(2)15(11)17)18-16(22)20-6-4-5-19(7-8-20)13(3)21/h9-10H,4-8H2,1-3H3,(H,18,22). The van der Waals surface area contributed by atoms with E-state index in [0.29, 0.717) is 26.2 Å². The number of amides is 3. The van der Waals surface area contributed by atoms with Gasteiger partial charge in [0.1, 0.15) is 0 Å². The number of carbonyl (C=O) groups is 2. The minimum absolute atomic E-state index is 0.0613. The van der Waals surface area contributed by atoms with Crippen LogP contribution in [0.3, 0.4) is 0 Å². The molecule has 1 heterocycles. The van der Waals surface area contributed by atoms with E-state index in [4.69, 9.17) is 11.6 Å². The first-order valence-electron chi connectivity index (χ1n) is 7.46. The smallest absolute Gasteiger partial charge is 0.321 e. The molecule has 1 saturated heterocycles. The third-order valence-electron chi connectivity index (χ3n) is 3.92. The molecule has 6 heteroatoms. The maximum absolute atomic E-state index is 12.4. The van der Waals surface area contributed by atoms with Crippen LogP contribution in [0.15, 0.2) is 12.1 Å². The normalized spacial score (nSPS) is 15.5. The van der Waals surface area contributed by atoms with Crippen LogP contribution in [-0.2, 0) is 4.79 Å². The van der Waals surface area contributed by atoms with Gasteiger partial charge in [0.15, 0.2) is 0 Å². The van der Waals surface area contributed by atoms with Gasteiger partial charge in [0, 0.05) is 43.8 Å². The number of benzene rings is 1.